The van der Waals surface area contributed by atoms with Crippen molar-refractivity contribution in [2.24, 2.45) is 12.8 Å². The Kier molecular flexibility index (Phi) is 18.9. The summed E-state index contributed by atoms with van der Waals surface area (Å²) in [6, 6.07) is 32.7. The second kappa shape index (κ2) is 27.0. The van der Waals surface area contributed by atoms with Crippen LogP contribution in [0.15, 0.2) is 114 Å². The van der Waals surface area contributed by atoms with Gasteiger partial charge in [-0.15, -0.1) is 0 Å². The van der Waals surface area contributed by atoms with Crippen LogP contribution < -0.4 is 32.3 Å². The highest BCUT2D eigenvalue weighted by molar-refractivity contribution is 6.07. The summed E-state index contributed by atoms with van der Waals surface area (Å²) < 4.78 is 32.6. The highest BCUT2D eigenvalue weighted by Gasteiger charge is 2.45. The van der Waals surface area contributed by atoms with E-state index in [0.717, 1.165) is 74.9 Å². The summed E-state index contributed by atoms with van der Waals surface area (Å²) >= 11 is 0. The minimum atomic E-state index is -0.936. The number of primary amides is 1. The molecule has 19 heteroatoms. The summed E-state index contributed by atoms with van der Waals surface area (Å²) in [6.45, 7) is 5.09. The zero-order valence-electron chi connectivity index (χ0n) is 47.1. The van der Waals surface area contributed by atoms with Crippen molar-refractivity contribution in [3.05, 3.63) is 159 Å². The Balaban J connectivity index is 0.627. The quantitative estimate of drug-likeness (QED) is 0.0324. The summed E-state index contributed by atoms with van der Waals surface area (Å²) in [4.78, 5) is 93.6. The van der Waals surface area contributed by atoms with Gasteiger partial charge in [-0.1, -0.05) is 103 Å². The van der Waals surface area contributed by atoms with Crippen LogP contribution in [-0.2, 0) is 87.0 Å². The minimum Gasteiger partial charge on any atom is -0.449 e. The van der Waals surface area contributed by atoms with Crippen LogP contribution >= 0.6 is 0 Å². The first-order valence-electron chi connectivity index (χ1n) is 28.9. The van der Waals surface area contributed by atoms with Gasteiger partial charge in [0.15, 0.2) is 0 Å². The molecule has 4 aliphatic rings. The van der Waals surface area contributed by atoms with Gasteiger partial charge < -0.3 is 40.1 Å². The Hall–Kier alpha value is -7.97. The number of piperidine rings is 1. The average Bonchev–Trinajstić information content (AvgIpc) is 4.07. The largest absolute Gasteiger partial charge is 0.449 e. The summed E-state index contributed by atoms with van der Waals surface area (Å²) in [5.41, 5.74) is 16.7. The lowest BCUT2D eigenvalue weighted by molar-refractivity contribution is -0.135. The summed E-state index contributed by atoms with van der Waals surface area (Å²) in [6.07, 6.45) is 3.69. The third kappa shape index (κ3) is 13.4. The van der Waals surface area contributed by atoms with Crippen molar-refractivity contribution in [3.63, 3.8) is 0 Å². The molecular formula is C64H73N7O12. The van der Waals surface area contributed by atoms with E-state index in [0.29, 0.717) is 70.1 Å². The third-order valence-corrected chi connectivity index (χ3v) is 16.4. The highest BCUT2D eigenvalue weighted by atomic mass is 16.6. The van der Waals surface area contributed by atoms with Crippen molar-refractivity contribution in [3.8, 4) is 11.1 Å². The van der Waals surface area contributed by atoms with Gasteiger partial charge in [-0.3, -0.25) is 43.3 Å². The molecule has 1 fully saturated rings. The van der Waals surface area contributed by atoms with Crippen molar-refractivity contribution in [2.45, 2.75) is 120 Å². The van der Waals surface area contributed by atoms with Gasteiger partial charge in [-0.2, -0.15) is 0 Å². The van der Waals surface area contributed by atoms with Crippen LogP contribution in [0.4, 0.5) is 10.5 Å². The summed E-state index contributed by atoms with van der Waals surface area (Å²) in [7, 11) is 1.70. The van der Waals surface area contributed by atoms with Gasteiger partial charge in [0.05, 0.1) is 61.9 Å². The number of fused-ring (bicyclic) bond motifs is 4. The molecule has 0 spiro atoms. The molecule has 3 aliphatic heterocycles. The van der Waals surface area contributed by atoms with Crippen LogP contribution in [-0.4, -0.2) is 115 Å². The first kappa shape index (κ1) is 58.2. The normalized spacial score (nSPS) is 18.0. The zero-order chi connectivity index (χ0) is 58.0. The van der Waals surface area contributed by atoms with E-state index >= 15 is 0 Å². The maximum atomic E-state index is 14.5. The smallest absolute Gasteiger partial charge is 0.407 e. The molecule has 1 aromatic heterocycles. The number of nitrogens with zero attached hydrogens (tertiary/aromatic N) is 3. The molecule has 0 radical (unpaired) electrons. The number of carbonyl (C=O) groups excluding carboxylic acids is 6. The number of para-hydroxylation sites is 2. The predicted octanol–water partition coefficient (Wildman–Crippen LogP) is 6.40. The number of rotatable bonds is 27. The SMILES string of the molecule is C[C@H](OCc1ccc(CCCOCCOCCOCCCc2cccc3c2n(C)c(=O)n3C2CCC(=O)NC2=O)cc1)[C@@H](CCC(N)=O)NC(=O)[C@H]1Cc2cccc3c2N1C(=O)[C@H](NC(=O)OCC1c2ccccc2-c2ccccc21)CC3. The average molecular weight is 1130 g/mol. The number of aromatic nitrogens is 2. The molecule has 10 rings (SSSR count). The van der Waals surface area contributed by atoms with Gasteiger partial charge >= 0.3 is 11.8 Å². The zero-order valence-corrected chi connectivity index (χ0v) is 47.1. The van der Waals surface area contributed by atoms with Crippen molar-refractivity contribution in [1.29, 1.82) is 0 Å². The molecule has 5 atom stereocenters. The van der Waals surface area contributed by atoms with Crippen LogP contribution in [0.5, 0.6) is 0 Å². The van der Waals surface area contributed by atoms with Crippen LogP contribution in [0.3, 0.4) is 0 Å². The number of nitrogens with two attached hydrogens (primary N) is 1. The fourth-order valence-corrected chi connectivity index (χ4v) is 12.1. The van der Waals surface area contributed by atoms with Crippen LogP contribution in [0.1, 0.15) is 103 Å². The van der Waals surface area contributed by atoms with E-state index in [-0.39, 0.29) is 62.8 Å². The highest BCUT2D eigenvalue weighted by Crippen LogP contribution is 2.45. The van der Waals surface area contributed by atoms with E-state index in [2.05, 4.69) is 40.2 Å². The number of amides is 6. The van der Waals surface area contributed by atoms with Crippen LogP contribution in [0.2, 0.25) is 0 Å². The first-order valence-corrected chi connectivity index (χ1v) is 28.9. The molecule has 436 valence electrons. The maximum absolute atomic E-state index is 14.5. The van der Waals surface area contributed by atoms with E-state index < -0.39 is 60.0 Å². The number of alkyl carbamates (subject to hydrolysis) is 1. The molecule has 1 unspecified atom stereocenters. The number of nitrogens with one attached hydrogen (secondary N) is 3. The van der Waals surface area contributed by atoms with Gasteiger partial charge in [0.1, 0.15) is 24.7 Å². The fourth-order valence-electron chi connectivity index (χ4n) is 12.1. The second-order valence-electron chi connectivity index (χ2n) is 21.9. The number of aryl methyl sites for hydroxylation is 4. The topological polar surface area (TPSA) is 241 Å². The second-order valence-corrected chi connectivity index (χ2v) is 21.9. The molecule has 6 aromatic rings. The maximum Gasteiger partial charge on any atom is 0.407 e. The van der Waals surface area contributed by atoms with E-state index in [9.17, 15) is 33.6 Å². The molecule has 1 saturated heterocycles. The Morgan fingerprint density at radius 1 is 0.735 bits per heavy atom. The van der Waals surface area contributed by atoms with Crippen LogP contribution in [0.25, 0.3) is 22.2 Å². The number of carbonyl (C=O) groups is 6. The lowest BCUT2D eigenvalue weighted by Gasteiger charge is -2.31. The predicted molar refractivity (Wildman–Crippen MR) is 310 cm³/mol. The lowest BCUT2D eigenvalue weighted by atomic mass is 9.98. The Morgan fingerprint density at radius 2 is 1.39 bits per heavy atom. The Morgan fingerprint density at radius 3 is 2.08 bits per heavy atom. The molecule has 0 bridgehead atoms. The number of ether oxygens (including phenoxy) is 5. The number of anilines is 1. The minimum absolute atomic E-state index is 0.0194. The van der Waals surface area contributed by atoms with Gasteiger partial charge in [-0.05, 0) is 114 Å². The Bertz CT molecular complexity index is 3360. The first-order chi connectivity index (χ1) is 40.3. The fraction of sp³-hybridized carbons (Fsp3) is 0.422. The molecule has 4 heterocycles. The van der Waals surface area contributed by atoms with Gasteiger partial charge in [-0.25, -0.2) is 9.59 Å². The molecule has 5 N–H and O–H groups in total. The monoisotopic (exact) mass is 1130 g/mol. The molecular weight excluding hydrogens is 1060 g/mol. The number of hydrogen-bond acceptors (Lipinski definition) is 12. The Labute approximate surface area is 482 Å². The standard InChI is InChI=1S/C64H73N7O12/c1-40(82-38-42-23-21-41(22-24-42)11-9-31-79-33-35-81-36-34-80-32-10-15-43-13-8-20-53-59(43)69(2)64(78)70(53)54-28-30-57(73)68-60(54)74)51(27-29-56(65)72)66-61(75)55-37-45-14-7-12-44-25-26-52(62(76)71(55)58(44)45)67-63(77)83-39-50-48-18-5-3-16-46(48)47-17-4-6-19-49(47)50/h3-8,12-14,16-24,40,50-52,54-55H,9-11,15,25-39H2,1-2H3,(H2,65,72)(H,66,75)(H,67,77)(H,68,73,74)/t40-,51+,52+,54?,55+/m0/s1. The number of hydrogen-bond donors (Lipinski definition) is 4. The lowest BCUT2D eigenvalue weighted by Crippen LogP contribution is -2.56. The number of imide groups is 1. The van der Waals surface area contributed by atoms with E-state index in [1.54, 1.807) is 11.6 Å². The summed E-state index contributed by atoms with van der Waals surface area (Å²) in [5.74, 6) is -2.22. The number of benzene rings is 5. The van der Waals surface area contributed by atoms with Gasteiger partial charge in [0.25, 0.3) is 0 Å². The molecule has 83 heavy (non-hydrogen) atoms. The van der Waals surface area contributed by atoms with E-state index in [4.69, 9.17) is 29.4 Å². The summed E-state index contributed by atoms with van der Waals surface area (Å²) in [5, 5.41) is 8.32. The van der Waals surface area contributed by atoms with Crippen molar-refractivity contribution < 1.29 is 52.5 Å². The third-order valence-electron chi connectivity index (χ3n) is 16.4. The molecule has 6 amide bonds. The molecule has 5 aromatic carbocycles. The van der Waals surface area contributed by atoms with Crippen molar-refractivity contribution in [1.82, 2.24) is 25.1 Å². The van der Waals surface area contributed by atoms with Gasteiger partial charge in [0, 0.05) is 45.4 Å². The van der Waals surface area contributed by atoms with Gasteiger partial charge in [0.2, 0.25) is 29.5 Å². The molecule has 1 aliphatic carbocycles. The molecule has 0 saturated carbocycles. The van der Waals surface area contributed by atoms with Crippen molar-refractivity contribution in [2.75, 3.05) is 51.1 Å². The number of imidazole rings is 1. The van der Waals surface area contributed by atoms with E-state index in [1.807, 2.05) is 91.9 Å². The van der Waals surface area contributed by atoms with E-state index in [1.165, 1.54) is 9.47 Å². The van der Waals surface area contributed by atoms with Crippen LogP contribution in [0, 0.1) is 0 Å². The molecule has 19 nitrogen and oxygen atoms in total. The van der Waals surface area contributed by atoms with Crippen molar-refractivity contribution >= 4 is 52.3 Å².